The molecule has 0 aliphatic carbocycles. The third-order valence-corrected chi connectivity index (χ3v) is 4.91. The van der Waals surface area contributed by atoms with Crippen LogP contribution in [0.1, 0.15) is 17.2 Å². The summed E-state index contributed by atoms with van der Waals surface area (Å²) in [7, 11) is 0. The van der Waals surface area contributed by atoms with E-state index in [1.807, 2.05) is 0 Å². The number of amides is 1. The van der Waals surface area contributed by atoms with Crippen LogP contribution in [-0.2, 0) is 4.79 Å². The minimum absolute atomic E-state index is 0.000856. The molecule has 1 unspecified atom stereocenters. The van der Waals surface area contributed by atoms with Gasteiger partial charge in [0.05, 0.1) is 23.9 Å². The van der Waals surface area contributed by atoms with Gasteiger partial charge in [-0.15, -0.1) is 0 Å². The summed E-state index contributed by atoms with van der Waals surface area (Å²) in [5.74, 6) is -1.57. The number of anilines is 1. The highest BCUT2D eigenvalue weighted by Crippen LogP contribution is 2.28. The summed E-state index contributed by atoms with van der Waals surface area (Å²) in [5.41, 5.74) is 2.41. The second-order valence-electron chi connectivity index (χ2n) is 6.83. The normalized spacial score (nSPS) is 15.8. The molecular weight excluding hydrogens is 410 g/mol. The van der Waals surface area contributed by atoms with E-state index in [1.54, 1.807) is 53.5 Å². The number of nitrogens with one attached hydrogen (secondary N) is 1. The number of carbonyl (C=O) groups excluding carboxylic acids is 1. The lowest BCUT2D eigenvalue weighted by Gasteiger charge is -2.16. The number of benzene rings is 2. The number of rotatable bonds is 5. The van der Waals surface area contributed by atoms with Crippen LogP contribution in [0.15, 0.2) is 71.8 Å². The number of aromatic nitrogens is 1. The average Bonchev–Trinajstić information content (AvgIpc) is 3.14. The van der Waals surface area contributed by atoms with E-state index in [1.165, 1.54) is 18.2 Å². The highest BCUT2D eigenvalue weighted by molar-refractivity contribution is 6.30. The fourth-order valence-corrected chi connectivity index (χ4v) is 3.42. The molecule has 2 heterocycles. The third kappa shape index (κ3) is 4.63. The average molecular weight is 427 g/mol. The maximum absolute atomic E-state index is 13.7. The molecule has 0 saturated heterocycles. The molecule has 1 aromatic heterocycles. The Kier molecular flexibility index (Phi) is 5.72. The number of nitrogens with zero attached hydrogens (tertiary/aromatic N) is 3. The number of carbonyl (C=O) groups is 1. The van der Waals surface area contributed by atoms with Crippen molar-refractivity contribution in [3.63, 3.8) is 0 Å². The summed E-state index contributed by atoms with van der Waals surface area (Å²) in [6, 6.07) is 17.2. The second-order valence-corrected chi connectivity index (χ2v) is 7.27. The van der Waals surface area contributed by atoms with Crippen LogP contribution in [-0.4, -0.2) is 34.7 Å². The molecule has 0 fully saturated rings. The Hall–Kier alpha value is -3.32. The van der Waals surface area contributed by atoms with Gasteiger partial charge in [-0.3, -0.25) is 9.80 Å². The predicted octanol–water partition coefficient (Wildman–Crippen LogP) is 4.46. The number of pyridine rings is 1. The number of hydrazone groups is 1. The lowest BCUT2D eigenvalue weighted by atomic mass is 9.94. The van der Waals surface area contributed by atoms with Gasteiger partial charge < -0.3 is 5.32 Å². The molecule has 152 valence electrons. The lowest BCUT2D eigenvalue weighted by molar-refractivity contribution is -0.117. The number of hydrogen-bond donors (Lipinski definition) is 1. The molecule has 30 heavy (non-hydrogen) atoms. The van der Waals surface area contributed by atoms with Crippen LogP contribution in [0, 0.1) is 11.8 Å². The number of hydrogen-bond acceptors (Lipinski definition) is 4. The minimum Gasteiger partial charge on any atom is -0.324 e. The maximum Gasteiger partial charge on any atom is 0.245 e. The van der Waals surface area contributed by atoms with Crippen molar-refractivity contribution in [3.05, 3.63) is 94.8 Å². The Morgan fingerprint density at radius 3 is 2.50 bits per heavy atom. The molecule has 2 aromatic carbocycles. The zero-order valence-corrected chi connectivity index (χ0v) is 16.5. The van der Waals surface area contributed by atoms with E-state index in [-0.39, 0.29) is 24.2 Å². The Morgan fingerprint density at radius 2 is 1.80 bits per heavy atom. The fraction of sp³-hybridized carbons (Fsp3) is 0.136. The van der Waals surface area contributed by atoms with Crippen molar-refractivity contribution in [2.24, 2.45) is 5.10 Å². The van der Waals surface area contributed by atoms with Crippen molar-refractivity contribution >= 4 is 28.9 Å². The van der Waals surface area contributed by atoms with Gasteiger partial charge in [-0.1, -0.05) is 29.8 Å². The molecule has 1 amide bonds. The van der Waals surface area contributed by atoms with Crippen molar-refractivity contribution in [3.8, 4) is 0 Å². The van der Waals surface area contributed by atoms with Crippen LogP contribution in [0.25, 0.3) is 0 Å². The van der Waals surface area contributed by atoms with Crippen LogP contribution >= 0.6 is 11.6 Å². The Labute approximate surface area is 177 Å². The highest BCUT2D eigenvalue weighted by atomic mass is 35.5. The zero-order chi connectivity index (χ0) is 21.1. The molecule has 0 radical (unpaired) electrons. The largest absolute Gasteiger partial charge is 0.324 e. The molecule has 1 aliphatic rings. The van der Waals surface area contributed by atoms with E-state index in [2.05, 4.69) is 15.4 Å². The smallest absolute Gasteiger partial charge is 0.245 e. The Bertz CT molecular complexity index is 1090. The van der Waals surface area contributed by atoms with E-state index in [9.17, 15) is 13.6 Å². The molecule has 5 nitrogen and oxygen atoms in total. The molecule has 1 atom stereocenters. The summed E-state index contributed by atoms with van der Waals surface area (Å²) in [4.78, 5) is 16.4. The topological polar surface area (TPSA) is 57.6 Å². The van der Waals surface area contributed by atoms with E-state index in [0.29, 0.717) is 34.2 Å². The third-order valence-electron chi connectivity index (χ3n) is 4.66. The van der Waals surface area contributed by atoms with E-state index in [0.717, 1.165) is 0 Å². The molecule has 1 aliphatic heterocycles. The molecule has 8 heteroatoms. The monoisotopic (exact) mass is 426 g/mol. The van der Waals surface area contributed by atoms with Crippen LogP contribution in [0.2, 0.25) is 5.02 Å². The standard InChI is InChI=1S/C22H17ClF2N4O/c23-15-6-10-17(11-7-15)26-21(30)13-29-12-18(19-2-1-3-20(25)27-19)22(28-29)14-4-8-16(24)9-5-14/h1-11,18H,12-13H2,(H,26,30). The molecular formula is C22H17ClF2N4O. The summed E-state index contributed by atoms with van der Waals surface area (Å²) in [6.45, 7) is 0.344. The summed E-state index contributed by atoms with van der Waals surface area (Å²) < 4.78 is 27.0. The van der Waals surface area contributed by atoms with Crippen LogP contribution in [0.4, 0.5) is 14.5 Å². The van der Waals surface area contributed by atoms with Gasteiger partial charge in [0.2, 0.25) is 11.9 Å². The summed E-state index contributed by atoms with van der Waals surface area (Å²) in [6.07, 6.45) is 0. The molecule has 1 N–H and O–H groups in total. The van der Waals surface area contributed by atoms with Gasteiger partial charge in [0, 0.05) is 10.7 Å². The van der Waals surface area contributed by atoms with Gasteiger partial charge in [-0.25, -0.2) is 9.37 Å². The quantitative estimate of drug-likeness (QED) is 0.613. The molecule has 0 bridgehead atoms. The molecule has 0 saturated carbocycles. The van der Waals surface area contributed by atoms with E-state index >= 15 is 0 Å². The van der Waals surface area contributed by atoms with Crippen molar-refractivity contribution in [1.82, 2.24) is 9.99 Å². The Morgan fingerprint density at radius 1 is 1.07 bits per heavy atom. The van der Waals surface area contributed by atoms with Gasteiger partial charge >= 0.3 is 0 Å². The fourth-order valence-electron chi connectivity index (χ4n) is 3.29. The van der Waals surface area contributed by atoms with Gasteiger partial charge in [0.15, 0.2) is 0 Å². The maximum atomic E-state index is 13.7. The van der Waals surface area contributed by atoms with Crippen LogP contribution in [0.5, 0.6) is 0 Å². The summed E-state index contributed by atoms with van der Waals surface area (Å²) >= 11 is 5.86. The highest BCUT2D eigenvalue weighted by Gasteiger charge is 2.31. The SMILES string of the molecule is O=C(CN1CC(c2cccc(F)n2)C(c2ccc(F)cc2)=N1)Nc1ccc(Cl)cc1. The first-order chi connectivity index (χ1) is 14.5. The first kappa shape index (κ1) is 20.0. The second kappa shape index (κ2) is 8.59. The lowest BCUT2D eigenvalue weighted by Crippen LogP contribution is -2.29. The van der Waals surface area contributed by atoms with Crippen molar-refractivity contribution < 1.29 is 13.6 Å². The van der Waals surface area contributed by atoms with Gasteiger partial charge in [0.25, 0.3) is 0 Å². The van der Waals surface area contributed by atoms with E-state index in [4.69, 9.17) is 11.6 Å². The van der Waals surface area contributed by atoms with Gasteiger partial charge in [-0.2, -0.15) is 9.49 Å². The van der Waals surface area contributed by atoms with Crippen LogP contribution < -0.4 is 5.32 Å². The van der Waals surface area contributed by atoms with Crippen molar-refractivity contribution in [2.45, 2.75) is 5.92 Å². The minimum atomic E-state index is -0.593. The molecule has 4 rings (SSSR count). The molecule has 0 spiro atoms. The van der Waals surface area contributed by atoms with E-state index < -0.39 is 5.95 Å². The van der Waals surface area contributed by atoms with Crippen molar-refractivity contribution in [1.29, 1.82) is 0 Å². The molecule has 3 aromatic rings. The van der Waals surface area contributed by atoms with Crippen molar-refractivity contribution in [2.75, 3.05) is 18.4 Å². The first-order valence-corrected chi connectivity index (χ1v) is 9.63. The predicted molar refractivity (Wildman–Crippen MR) is 112 cm³/mol. The van der Waals surface area contributed by atoms with Crippen LogP contribution in [0.3, 0.4) is 0 Å². The first-order valence-electron chi connectivity index (χ1n) is 9.25. The number of halogens is 3. The zero-order valence-electron chi connectivity index (χ0n) is 15.7. The summed E-state index contributed by atoms with van der Waals surface area (Å²) in [5, 5.41) is 9.52. The Balaban J connectivity index is 1.55. The van der Waals surface area contributed by atoms with Gasteiger partial charge in [-0.05, 0) is 54.1 Å². The van der Waals surface area contributed by atoms with Gasteiger partial charge in [0.1, 0.15) is 12.4 Å².